The van der Waals surface area contributed by atoms with Gasteiger partial charge in [-0.25, -0.2) is 0 Å². The lowest BCUT2D eigenvalue weighted by molar-refractivity contribution is -0.137. The van der Waals surface area contributed by atoms with Gasteiger partial charge in [-0.1, -0.05) is 6.07 Å². The van der Waals surface area contributed by atoms with Crippen LogP contribution in [0.25, 0.3) is 0 Å². The summed E-state index contributed by atoms with van der Waals surface area (Å²) in [4.78, 5) is 23.1. The van der Waals surface area contributed by atoms with Crippen molar-refractivity contribution < 1.29 is 22.8 Å². The van der Waals surface area contributed by atoms with Crippen LogP contribution in [-0.2, 0) is 11.0 Å². The molecule has 1 aromatic carbocycles. The second kappa shape index (κ2) is 6.37. The normalized spacial score (nSPS) is 18.7. The summed E-state index contributed by atoms with van der Waals surface area (Å²) in [6.45, 7) is 2.39. The van der Waals surface area contributed by atoms with E-state index in [9.17, 15) is 22.8 Å². The van der Waals surface area contributed by atoms with Crippen LogP contribution in [0.3, 0.4) is 0 Å². The Kier molecular flexibility index (Phi) is 4.73. The van der Waals surface area contributed by atoms with Crippen LogP contribution in [0.1, 0.15) is 34.3 Å². The number of benzene rings is 1. The molecule has 4 nitrogen and oxygen atoms in total. The van der Waals surface area contributed by atoms with Crippen molar-refractivity contribution in [3.63, 3.8) is 0 Å². The standard InChI is InChI=1S/C15H17F3N2O2/c1-9-2-4-11(15(16,17)18)6-12(9)14(22)20-8-10-3-5-13(21)19-7-10/h2,4,6,10H,3,5,7-8H2,1H3,(H,19,21)(H,20,22). The van der Waals surface area contributed by atoms with Gasteiger partial charge < -0.3 is 10.6 Å². The SMILES string of the molecule is Cc1ccc(C(F)(F)F)cc1C(=O)NCC1CCC(=O)NC1. The van der Waals surface area contributed by atoms with Crippen molar-refractivity contribution in [1.82, 2.24) is 10.6 Å². The molecule has 1 atom stereocenters. The van der Waals surface area contributed by atoms with E-state index in [1.54, 1.807) is 6.92 Å². The molecule has 1 heterocycles. The largest absolute Gasteiger partial charge is 0.416 e. The van der Waals surface area contributed by atoms with Gasteiger partial charge in [-0.15, -0.1) is 0 Å². The van der Waals surface area contributed by atoms with E-state index in [0.717, 1.165) is 12.1 Å². The van der Waals surface area contributed by atoms with E-state index in [1.165, 1.54) is 6.07 Å². The van der Waals surface area contributed by atoms with Crippen molar-refractivity contribution in [1.29, 1.82) is 0 Å². The van der Waals surface area contributed by atoms with Crippen LogP contribution in [0.5, 0.6) is 0 Å². The third-order valence-electron chi connectivity index (χ3n) is 3.73. The number of hydrogen-bond donors (Lipinski definition) is 2. The first-order valence-corrected chi connectivity index (χ1v) is 7.00. The van der Waals surface area contributed by atoms with Gasteiger partial charge in [0.2, 0.25) is 5.91 Å². The van der Waals surface area contributed by atoms with Crippen LogP contribution in [0, 0.1) is 12.8 Å². The van der Waals surface area contributed by atoms with E-state index in [2.05, 4.69) is 10.6 Å². The van der Waals surface area contributed by atoms with E-state index in [4.69, 9.17) is 0 Å². The van der Waals surface area contributed by atoms with Gasteiger partial charge in [0.25, 0.3) is 5.91 Å². The smallest absolute Gasteiger partial charge is 0.356 e. The number of carbonyl (C=O) groups is 2. The third-order valence-corrected chi connectivity index (χ3v) is 3.73. The fourth-order valence-corrected chi connectivity index (χ4v) is 2.33. The van der Waals surface area contributed by atoms with Gasteiger partial charge in [0.1, 0.15) is 0 Å². The molecule has 1 unspecified atom stereocenters. The van der Waals surface area contributed by atoms with Crippen LogP contribution < -0.4 is 10.6 Å². The molecular formula is C15H17F3N2O2. The Morgan fingerprint density at radius 2 is 2.14 bits per heavy atom. The van der Waals surface area contributed by atoms with Gasteiger partial charge in [0, 0.05) is 25.1 Å². The summed E-state index contributed by atoms with van der Waals surface area (Å²) in [6, 6.07) is 3.12. The van der Waals surface area contributed by atoms with Crippen LogP contribution >= 0.6 is 0 Å². The molecule has 2 amide bonds. The highest BCUT2D eigenvalue weighted by molar-refractivity contribution is 5.95. The fraction of sp³-hybridized carbons (Fsp3) is 0.467. The maximum Gasteiger partial charge on any atom is 0.416 e. The number of nitrogens with one attached hydrogen (secondary N) is 2. The van der Waals surface area contributed by atoms with E-state index in [0.29, 0.717) is 31.5 Å². The first-order chi connectivity index (χ1) is 10.3. The van der Waals surface area contributed by atoms with E-state index in [-0.39, 0.29) is 17.4 Å². The predicted molar refractivity (Wildman–Crippen MR) is 74.2 cm³/mol. The molecule has 0 aliphatic carbocycles. The molecular weight excluding hydrogens is 297 g/mol. The van der Waals surface area contributed by atoms with Gasteiger partial charge in [0.15, 0.2) is 0 Å². The summed E-state index contributed by atoms with van der Waals surface area (Å²) >= 11 is 0. The molecule has 7 heteroatoms. The molecule has 1 saturated heterocycles. The second-order valence-corrected chi connectivity index (χ2v) is 5.45. The minimum absolute atomic E-state index is 0.0173. The highest BCUT2D eigenvalue weighted by Gasteiger charge is 2.31. The molecule has 2 N–H and O–H groups in total. The molecule has 1 fully saturated rings. The van der Waals surface area contributed by atoms with E-state index in [1.807, 2.05) is 0 Å². The maximum absolute atomic E-state index is 12.7. The number of alkyl halides is 3. The zero-order valence-corrected chi connectivity index (χ0v) is 12.1. The van der Waals surface area contributed by atoms with Crippen LogP contribution in [-0.4, -0.2) is 24.9 Å². The monoisotopic (exact) mass is 314 g/mol. The molecule has 2 rings (SSSR count). The highest BCUT2D eigenvalue weighted by Crippen LogP contribution is 2.30. The number of aryl methyl sites for hydroxylation is 1. The highest BCUT2D eigenvalue weighted by atomic mass is 19.4. The minimum Gasteiger partial charge on any atom is -0.356 e. The minimum atomic E-state index is -4.48. The number of amides is 2. The molecule has 0 radical (unpaired) electrons. The quantitative estimate of drug-likeness (QED) is 0.899. The van der Waals surface area contributed by atoms with Crippen molar-refractivity contribution in [3.8, 4) is 0 Å². The summed E-state index contributed by atoms with van der Waals surface area (Å²) in [7, 11) is 0. The first-order valence-electron chi connectivity index (χ1n) is 7.00. The van der Waals surface area contributed by atoms with Gasteiger partial charge in [-0.2, -0.15) is 13.2 Å². The average Bonchev–Trinajstić information content (AvgIpc) is 2.45. The Hall–Kier alpha value is -2.05. The van der Waals surface area contributed by atoms with Crippen molar-refractivity contribution >= 4 is 11.8 Å². The second-order valence-electron chi connectivity index (χ2n) is 5.45. The zero-order valence-electron chi connectivity index (χ0n) is 12.1. The summed E-state index contributed by atoms with van der Waals surface area (Å²) < 4.78 is 38.1. The average molecular weight is 314 g/mol. The number of halogens is 3. The lowest BCUT2D eigenvalue weighted by Gasteiger charge is -2.22. The van der Waals surface area contributed by atoms with Crippen LogP contribution in [0.15, 0.2) is 18.2 Å². The van der Waals surface area contributed by atoms with Gasteiger partial charge in [0.05, 0.1) is 5.56 Å². The molecule has 1 aliphatic heterocycles. The molecule has 0 bridgehead atoms. The molecule has 1 aliphatic rings. The lowest BCUT2D eigenvalue weighted by atomic mass is 9.98. The van der Waals surface area contributed by atoms with Gasteiger partial charge in [-0.05, 0) is 37.0 Å². The van der Waals surface area contributed by atoms with Gasteiger partial charge >= 0.3 is 6.18 Å². The fourth-order valence-electron chi connectivity index (χ4n) is 2.33. The number of piperidine rings is 1. The van der Waals surface area contributed by atoms with Crippen molar-refractivity contribution in [2.75, 3.05) is 13.1 Å². The summed E-state index contributed by atoms with van der Waals surface area (Å²) in [5, 5.41) is 5.34. The summed E-state index contributed by atoms with van der Waals surface area (Å²) in [5.41, 5.74) is -0.328. The molecule has 0 spiro atoms. The first kappa shape index (κ1) is 16.3. The summed E-state index contributed by atoms with van der Waals surface area (Å²) in [5.74, 6) is -0.440. The molecule has 1 aromatic rings. The topological polar surface area (TPSA) is 58.2 Å². The number of hydrogen-bond acceptors (Lipinski definition) is 2. The predicted octanol–water partition coefficient (Wildman–Crippen LogP) is 2.27. The number of rotatable bonds is 3. The van der Waals surface area contributed by atoms with Crippen molar-refractivity contribution in [2.45, 2.75) is 25.9 Å². The lowest BCUT2D eigenvalue weighted by Crippen LogP contribution is -2.40. The zero-order chi connectivity index (χ0) is 16.3. The molecule has 0 aromatic heterocycles. The molecule has 22 heavy (non-hydrogen) atoms. The molecule has 120 valence electrons. The maximum atomic E-state index is 12.7. The third kappa shape index (κ3) is 3.99. The van der Waals surface area contributed by atoms with E-state index >= 15 is 0 Å². The van der Waals surface area contributed by atoms with Crippen LogP contribution in [0.2, 0.25) is 0 Å². The van der Waals surface area contributed by atoms with Crippen LogP contribution in [0.4, 0.5) is 13.2 Å². The van der Waals surface area contributed by atoms with Gasteiger partial charge in [-0.3, -0.25) is 9.59 Å². The Bertz CT molecular complexity index is 575. The Balaban J connectivity index is 2.01. The Morgan fingerprint density at radius 3 is 2.73 bits per heavy atom. The molecule has 0 saturated carbocycles. The Labute approximate surface area is 126 Å². The summed E-state index contributed by atoms with van der Waals surface area (Å²) in [6.07, 6.45) is -3.41. The van der Waals surface area contributed by atoms with Crippen molar-refractivity contribution in [3.05, 3.63) is 34.9 Å². The number of carbonyl (C=O) groups excluding carboxylic acids is 2. The Morgan fingerprint density at radius 1 is 1.41 bits per heavy atom. The van der Waals surface area contributed by atoms with Crippen molar-refractivity contribution in [2.24, 2.45) is 5.92 Å². The van der Waals surface area contributed by atoms with E-state index < -0.39 is 17.6 Å².